The smallest absolute Gasteiger partial charge is 0.374 e. The number of hydrogen-bond acceptors (Lipinski definition) is 5. The minimum atomic E-state index is -1.20. The predicted molar refractivity (Wildman–Crippen MR) is 79.3 cm³/mol. The number of carbonyl (C=O) groups is 2. The summed E-state index contributed by atoms with van der Waals surface area (Å²) in [6.45, 7) is 9.20. The number of aromatic nitrogens is 2. The maximum Gasteiger partial charge on any atom is 0.374 e. The molecule has 0 aliphatic heterocycles. The molecule has 0 aliphatic rings. The fraction of sp³-hybridized carbons (Fsp3) is 0.615. The molecule has 8 heteroatoms. The number of carboxylic acid groups (broad SMARTS) is 1. The second kappa shape index (κ2) is 7.37. The summed E-state index contributed by atoms with van der Waals surface area (Å²) in [7, 11) is -1.20. The summed E-state index contributed by atoms with van der Waals surface area (Å²) in [5.74, 6) is -1.99. The summed E-state index contributed by atoms with van der Waals surface area (Å²) in [5.41, 5.74) is 0.0761. The van der Waals surface area contributed by atoms with Gasteiger partial charge in [0.2, 0.25) is 5.82 Å². The Morgan fingerprint density at radius 2 is 2.00 bits per heavy atom. The van der Waals surface area contributed by atoms with E-state index in [2.05, 4.69) is 29.6 Å². The number of ether oxygens (including phenoxy) is 2. The van der Waals surface area contributed by atoms with E-state index in [1.807, 2.05) is 0 Å². The summed E-state index contributed by atoms with van der Waals surface area (Å²) in [6, 6.07) is 0.980. The number of rotatable bonds is 8. The molecule has 1 heterocycles. The highest BCUT2D eigenvalue weighted by Crippen LogP contribution is 2.12. The standard InChI is InChI=1S/C13H22N2O5Si/c1-5-20-13(18)11-14-9(10(15-11)12(16)17)8-19-6-7-21(2,3)4/h5-8H2,1-4H3,(H,14,15)(H,16,17). The van der Waals surface area contributed by atoms with Crippen molar-refractivity contribution < 1.29 is 24.2 Å². The molecule has 0 aliphatic carbocycles. The SMILES string of the molecule is CCOC(=O)c1nc(C(=O)O)c(COCC[Si](C)(C)C)[nH]1. The zero-order chi connectivity index (χ0) is 16.0. The molecule has 0 radical (unpaired) electrons. The van der Waals surface area contributed by atoms with E-state index in [0.717, 1.165) is 6.04 Å². The minimum absolute atomic E-state index is 0.0819. The average Bonchev–Trinajstić information content (AvgIpc) is 2.78. The lowest BCUT2D eigenvalue weighted by Gasteiger charge is -2.15. The van der Waals surface area contributed by atoms with Crippen LogP contribution in [0.15, 0.2) is 0 Å². The highest BCUT2D eigenvalue weighted by Gasteiger charge is 2.21. The molecule has 1 aromatic heterocycles. The van der Waals surface area contributed by atoms with Crippen LogP contribution in [0.2, 0.25) is 25.7 Å². The Balaban J connectivity index is 2.71. The second-order valence-electron chi connectivity index (χ2n) is 5.80. The molecule has 1 rings (SSSR count). The number of hydrogen-bond donors (Lipinski definition) is 2. The van der Waals surface area contributed by atoms with Gasteiger partial charge in [0.15, 0.2) is 5.69 Å². The van der Waals surface area contributed by atoms with Crippen LogP contribution in [-0.2, 0) is 16.1 Å². The number of imidazole rings is 1. The number of nitrogens with zero attached hydrogens (tertiary/aromatic N) is 1. The van der Waals surface area contributed by atoms with Crippen molar-refractivity contribution in [1.82, 2.24) is 9.97 Å². The van der Waals surface area contributed by atoms with Crippen molar-refractivity contribution in [2.24, 2.45) is 0 Å². The van der Waals surface area contributed by atoms with Crippen molar-refractivity contribution in [3.8, 4) is 0 Å². The lowest BCUT2D eigenvalue weighted by Crippen LogP contribution is -2.21. The van der Waals surface area contributed by atoms with Crippen molar-refractivity contribution in [1.29, 1.82) is 0 Å². The number of nitrogens with one attached hydrogen (secondary N) is 1. The summed E-state index contributed by atoms with van der Waals surface area (Å²) >= 11 is 0. The summed E-state index contributed by atoms with van der Waals surface area (Å²) in [4.78, 5) is 29.1. The molecule has 0 aromatic carbocycles. The lowest BCUT2D eigenvalue weighted by molar-refractivity contribution is 0.0512. The van der Waals surface area contributed by atoms with Gasteiger partial charge in [-0.25, -0.2) is 14.6 Å². The van der Waals surface area contributed by atoms with Crippen molar-refractivity contribution in [2.75, 3.05) is 13.2 Å². The van der Waals surface area contributed by atoms with Gasteiger partial charge in [-0.1, -0.05) is 19.6 Å². The maximum atomic E-state index is 11.6. The first-order valence-corrected chi connectivity index (χ1v) is 10.5. The van der Waals surface area contributed by atoms with Crippen LogP contribution >= 0.6 is 0 Å². The molecular weight excluding hydrogens is 292 g/mol. The van der Waals surface area contributed by atoms with Crippen LogP contribution in [0.3, 0.4) is 0 Å². The quantitative estimate of drug-likeness (QED) is 0.433. The molecule has 1 aromatic rings. The Bertz CT molecular complexity index is 507. The van der Waals surface area contributed by atoms with Gasteiger partial charge in [-0.15, -0.1) is 0 Å². The average molecular weight is 314 g/mol. The Kier molecular flexibility index (Phi) is 6.10. The number of carbonyl (C=O) groups excluding carboxylic acids is 1. The van der Waals surface area contributed by atoms with Gasteiger partial charge in [0.05, 0.1) is 18.9 Å². The minimum Gasteiger partial charge on any atom is -0.476 e. The van der Waals surface area contributed by atoms with Crippen LogP contribution in [0.1, 0.15) is 33.7 Å². The maximum absolute atomic E-state index is 11.6. The van der Waals surface area contributed by atoms with Gasteiger partial charge in [-0.2, -0.15) is 0 Å². The first-order chi connectivity index (χ1) is 9.74. The largest absolute Gasteiger partial charge is 0.476 e. The molecular formula is C13H22N2O5Si. The molecule has 0 amide bonds. The van der Waals surface area contributed by atoms with Gasteiger partial charge in [0.1, 0.15) is 0 Å². The van der Waals surface area contributed by atoms with Crippen molar-refractivity contribution in [3.05, 3.63) is 17.2 Å². The van der Waals surface area contributed by atoms with Gasteiger partial charge in [-0.3, -0.25) is 0 Å². The van der Waals surface area contributed by atoms with Crippen molar-refractivity contribution >= 4 is 20.0 Å². The Morgan fingerprint density at radius 1 is 1.33 bits per heavy atom. The summed E-state index contributed by atoms with van der Waals surface area (Å²) in [5, 5.41) is 9.09. The predicted octanol–water partition coefficient (Wildman–Crippen LogP) is 2.14. The number of esters is 1. The van der Waals surface area contributed by atoms with E-state index in [1.165, 1.54) is 0 Å². The normalized spacial score (nSPS) is 11.4. The van der Waals surface area contributed by atoms with Crippen LogP contribution in [0, 0.1) is 0 Å². The number of H-pyrrole nitrogens is 1. The first-order valence-electron chi connectivity index (χ1n) is 6.81. The summed E-state index contributed by atoms with van der Waals surface area (Å²) < 4.78 is 10.3. The van der Waals surface area contributed by atoms with E-state index < -0.39 is 20.0 Å². The van der Waals surface area contributed by atoms with Crippen molar-refractivity contribution in [3.63, 3.8) is 0 Å². The fourth-order valence-electron chi connectivity index (χ4n) is 1.54. The number of aromatic carboxylic acids is 1. The van der Waals surface area contributed by atoms with Gasteiger partial charge >= 0.3 is 11.9 Å². The van der Waals surface area contributed by atoms with Gasteiger partial charge in [-0.05, 0) is 13.0 Å². The van der Waals surface area contributed by atoms with Gasteiger partial charge in [0.25, 0.3) is 0 Å². The molecule has 0 atom stereocenters. The van der Waals surface area contributed by atoms with E-state index in [-0.39, 0.29) is 30.4 Å². The Labute approximate surface area is 124 Å². The molecule has 0 spiro atoms. The van der Waals surface area contributed by atoms with Crippen molar-refractivity contribution in [2.45, 2.75) is 39.2 Å². The molecule has 118 valence electrons. The fourth-order valence-corrected chi connectivity index (χ4v) is 2.30. The monoisotopic (exact) mass is 314 g/mol. The molecule has 0 fully saturated rings. The number of aromatic amines is 1. The summed E-state index contributed by atoms with van der Waals surface area (Å²) in [6.07, 6.45) is 0. The molecule has 0 saturated heterocycles. The molecule has 7 nitrogen and oxygen atoms in total. The molecule has 21 heavy (non-hydrogen) atoms. The highest BCUT2D eigenvalue weighted by molar-refractivity contribution is 6.76. The van der Waals surface area contributed by atoms with Crippen LogP contribution in [0.5, 0.6) is 0 Å². The van der Waals surface area contributed by atoms with E-state index in [4.69, 9.17) is 14.6 Å². The molecule has 0 unspecified atom stereocenters. The Hall–Kier alpha value is -1.67. The van der Waals surface area contributed by atoms with Crippen LogP contribution in [0.25, 0.3) is 0 Å². The first kappa shape index (κ1) is 17.4. The van der Waals surface area contributed by atoms with E-state index in [0.29, 0.717) is 6.61 Å². The van der Waals surface area contributed by atoms with Gasteiger partial charge < -0.3 is 19.6 Å². The van der Waals surface area contributed by atoms with Crippen LogP contribution in [-0.4, -0.2) is 48.3 Å². The zero-order valence-electron chi connectivity index (χ0n) is 12.9. The Morgan fingerprint density at radius 3 is 2.52 bits per heavy atom. The third kappa shape index (κ3) is 5.68. The van der Waals surface area contributed by atoms with E-state index >= 15 is 0 Å². The van der Waals surface area contributed by atoms with Crippen LogP contribution < -0.4 is 0 Å². The molecule has 0 saturated carbocycles. The topological polar surface area (TPSA) is 102 Å². The molecule has 0 bridgehead atoms. The lowest BCUT2D eigenvalue weighted by atomic mass is 10.3. The van der Waals surface area contributed by atoms with E-state index in [1.54, 1.807) is 6.92 Å². The third-order valence-corrected chi connectivity index (χ3v) is 4.40. The highest BCUT2D eigenvalue weighted by atomic mass is 28.3. The second-order valence-corrected chi connectivity index (χ2v) is 11.4. The number of carboxylic acids is 1. The molecule has 2 N–H and O–H groups in total. The van der Waals surface area contributed by atoms with Gasteiger partial charge in [0, 0.05) is 14.7 Å². The van der Waals surface area contributed by atoms with Crippen LogP contribution in [0.4, 0.5) is 0 Å². The third-order valence-electron chi connectivity index (χ3n) is 2.69. The van der Waals surface area contributed by atoms with E-state index in [9.17, 15) is 9.59 Å². The zero-order valence-corrected chi connectivity index (χ0v) is 13.9.